The lowest BCUT2D eigenvalue weighted by Crippen LogP contribution is -2.36. The summed E-state index contributed by atoms with van der Waals surface area (Å²) in [6.45, 7) is 4.74. The van der Waals surface area contributed by atoms with Crippen molar-refractivity contribution in [1.82, 2.24) is 4.57 Å². The molecule has 1 aromatic heterocycles. The van der Waals surface area contributed by atoms with Crippen LogP contribution in [0, 0.1) is 0 Å². The number of hydrogen-bond acceptors (Lipinski definition) is 2. The van der Waals surface area contributed by atoms with Crippen LogP contribution in [0.4, 0.5) is 17.1 Å². The number of hydrogen-bond donors (Lipinski definition) is 0. The van der Waals surface area contributed by atoms with Gasteiger partial charge in [-0.15, -0.1) is 0 Å². The number of nitrogens with zero attached hydrogens (tertiary/aromatic N) is 2. The van der Waals surface area contributed by atoms with Crippen molar-refractivity contribution in [2.45, 2.75) is 24.7 Å². The molecule has 306 valence electrons. The molecule has 0 fully saturated rings. The number of aromatic nitrogens is 1. The molecule has 1 aliphatic heterocycles. The summed E-state index contributed by atoms with van der Waals surface area (Å²) in [6, 6.07) is 80.8. The number of anilines is 3. The van der Waals surface area contributed by atoms with Crippen LogP contribution in [0.5, 0.6) is 11.5 Å². The van der Waals surface area contributed by atoms with E-state index < -0.39 is 5.41 Å². The Morgan fingerprint density at radius 1 is 0.415 bits per heavy atom. The van der Waals surface area contributed by atoms with Crippen LogP contribution >= 0.6 is 0 Å². The van der Waals surface area contributed by atoms with Gasteiger partial charge in [-0.25, -0.2) is 0 Å². The molecule has 0 saturated heterocycles. The molecule has 0 unspecified atom stereocenters. The maximum Gasteiger partial charge on any atom is 0.132 e. The van der Waals surface area contributed by atoms with Crippen LogP contribution in [-0.4, -0.2) is 4.57 Å². The van der Waals surface area contributed by atoms with Gasteiger partial charge in [-0.1, -0.05) is 172 Å². The molecule has 0 amide bonds. The normalized spacial score (nSPS) is 15.8. The van der Waals surface area contributed by atoms with E-state index in [0.717, 1.165) is 50.9 Å². The molecular weight excluding hydrogens is 789 g/mol. The largest absolute Gasteiger partial charge is 0.457 e. The van der Waals surface area contributed by atoms with Gasteiger partial charge in [-0.2, -0.15) is 0 Å². The quantitative estimate of drug-likeness (QED) is 0.176. The summed E-state index contributed by atoms with van der Waals surface area (Å²) in [5.74, 6) is 1.75. The highest BCUT2D eigenvalue weighted by atomic mass is 16.5. The Morgan fingerprint density at radius 3 is 1.91 bits per heavy atom. The van der Waals surface area contributed by atoms with Gasteiger partial charge in [-0.05, 0) is 110 Å². The molecule has 1 spiro atoms. The van der Waals surface area contributed by atoms with Crippen LogP contribution in [0.25, 0.3) is 60.5 Å². The van der Waals surface area contributed by atoms with Gasteiger partial charge in [0.25, 0.3) is 0 Å². The minimum absolute atomic E-state index is 0.174. The first-order valence-corrected chi connectivity index (χ1v) is 22.7. The smallest absolute Gasteiger partial charge is 0.132 e. The third-order valence-electron chi connectivity index (χ3n) is 14.8. The molecule has 65 heavy (non-hydrogen) atoms. The van der Waals surface area contributed by atoms with E-state index in [9.17, 15) is 0 Å². The molecular formula is C62H42N2O. The summed E-state index contributed by atoms with van der Waals surface area (Å²) in [5, 5.41) is 4.98. The Labute approximate surface area is 378 Å². The fourth-order valence-electron chi connectivity index (χ4n) is 12.1. The Kier molecular flexibility index (Phi) is 7.38. The van der Waals surface area contributed by atoms with Crippen molar-refractivity contribution >= 4 is 49.6 Å². The molecule has 3 heteroatoms. The van der Waals surface area contributed by atoms with E-state index in [0.29, 0.717) is 0 Å². The number of ether oxygens (including phenoxy) is 1. The van der Waals surface area contributed by atoms with Crippen LogP contribution in [0.2, 0.25) is 0 Å². The highest BCUT2D eigenvalue weighted by Gasteiger charge is 2.50. The standard InChI is InChI=1S/C62H42N2O/c1-61(2)48-25-9-7-23-47(48)60-51(61)28-16-31-55(60)63(42-33-35-45-44-22-8-12-30-54(44)64(56(45)38-42)40-19-4-3-5-20-40)41-34-36-58-53(37-41)62(50-27-11-13-32-57(50)65-58)49-26-10-6-21-43(49)46-24-14-17-39-18-15-29-52(62)59(39)46/h3-38H,1-2H3/t62-/m0/s1. The van der Waals surface area contributed by atoms with Gasteiger partial charge in [0.1, 0.15) is 11.5 Å². The van der Waals surface area contributed by atoms with Gasteiger partial charge in [0, 0.05) is 49.9 Å². The maximum absolute atomic E-state index is 7.03. The van der Waals surface area contributed by atoms with Crippen molar-refractivity contribution in [3.8, 4) is 39.4 Å². The summed E-state index contributed by atoms with van der Waals surface area (Å²) in [4.78, 5) is 2.52. The van der Waals surface area contributed by atoms with Crippen molar-refractivity contribution < 1.29 is 4.74 Å². The predicted octanol–water partition coefficient (Wildman–Crippen LogP) is 16.2. The number of fused-ring (bicyclic) bond motifs is 14. The van der Waals surface area contributed by atoms with Crippen molar-refractivity contribution in [3.63, 3.8) is 0 Å². The zero-order valence-corrected chi connectivity index (χ0v) is 36.1. The molecule has 3 aliphatic rings. The molecule has 0 bridgehead atoms. The Balaban J connectivity index is 1.10. The van der Waals surface area contributed by atoms with Gasteiger partial charge in [0.05, 0.1) is 22.1 Å². The molecule has 10 aromatic carbocycles. The lowest BCUT2D eigenvalue weighted by molar-refractivity contribution is 0.435. The first kappa shape index (κ1) is 36.4. The highest BCUT2D eigenvalue weighted by molar-refractivity contribution is 6.11. The monoisotopic (exact) mass is 830 g/mol. The second-order valence-corrected chi connectivity index (χ2v) is 18.4. The number of para-hydroxylation sites is 3. The van der Waals surface area contributed by atoms with Gasteiger partial charge >= 0.3 is 0 Å². The second kappa shape index (κ2) is 13.2. The van der Waals surface area contributed by atoms with E-state index in [1.165, 1.54) is 71.6 Å². The number of rotatable bonds is 4. The van der Waals surface area contributed by atoms with Crippen molar-refractivity contribution in [3.05, 3.63) is 252 Å². The minimum atomic E-state index is -0.673. The predicted molar refractivity (Wildman–Crippen MR) is 268 cm³/mol. The fraction of sp³-hybridized carbons (Fsp3) is 0.0645. The molecule has 11 aromatic rings. The lowest BCUT2D eigenvalue weighted by atomic mass is 9.58. The summed E-state index contributed by atoms with van der Waals surface area (Å²) in [5.41, 5.74) is 18.5. The third-order valence-corrected chi connectivity index (χ3v) is 14.8. The van der Waals surface area contributed by atoms with Crippen molar-refractivity contribution in [1.29, 1.82) is 0 Å². The van der Waals surface area contributed by atoms with E-state index in [-0.39, 0.29) is 5.41 Å². The van der Waals surface area contributed by atoms with E-state index in [4.69, 9.17) is 4.74 Å². The van der Waals surface area contributed by atoms with Gasteiger partial charge in [0.2, 0.25) is 0 Å². The van der Waals surface area contributed by atoms with Gasteiger partial charge in [0.15, 0.2) is 0 Å². The van der Waals surface area contributed by atoms with Crippen LogP contribution in [0.1, 0.15) is 47.2 Å². The summed E-state index contributed by atoms with van der Waals surface area (Å²) in [6.07, 6.45) is 0. The second-order valence-electron chi connectivity index (χ2n) is 18.4. The Morgan fingerprint density at radius 2 is 1.03 bits per heavy atom. The van der Waals surface area contributed by atoms with Crippen LogP contribution in [0.3, 0.4) is 0 Å². The van der Waals surface area contributed by atoms with Crippen LogP contribution in [0.15, 0.2) is 218 Å². The molecule has 0 N–H and O–H groups in total. The van der Waals surface area contributed by atoms with E-state index in [1.54, 1.807) is 0 Å². The molecule has 2 aliphatic carbocycles. The Bertz CT molecular complexity index is 3800. The topological polar surface area (TPSA) is 17.4 Å². The van der Waals surface area contributed by atoms with Crippen LogP contribution in [-0.2, 0) is 10.8 Å². The Hall–Kier alpha value is -8.14. The minimum Gasteiger partial charge on any atom is -0.457 e. The molecule has 14 rings (SSSR count). The van der Waals surface area contributed by atoms with Gasteiger partial charge < -0.3 is 14.2 Å². The molecule has 3 nitrogen and oxygen atoms in total. The van der Waals surface area contributed by atoms with Crippen molar-refractivity contribution in [2.75, 3.05) is 4.90 Å². The van der Waals surface area contributed by atoms with E-state index in [1.807, 2.05) is 0 Å². The third kappa shape index (κ3) is 4.79. The molecule has 1 atom stereocenters. The molecule has 0 radical (unpaired) electrons. The maximum atomic E-state index is 7.03. The lowest BCUT2D eigenvalue weighted by Gasteiger charge is -2.45. The zero-order chi connectivity index (χ0) is 43.0. The number of benzene rings is 10. The fourth-order valence-corrected chi connectivity index (χ4v) is 12.1. The first-order chi connectivity index (χ1) is 32.0. The average molecular weight is 831 g/mol. The first-order valence-electron chi connectivity index (χ1n) is 22.7. The van der Waals surface area contributed by atoms with Crippen molar-refractivity contribution in [2.24, 2.45) is 0 Å². The van der Waals surface area contributed by atoms with Crippen LogP contribution < -0.4 is 9.64 Å². The summed E-state index contributed by atoms with van der Waals surface area (Å²) < 4.78 is 9.45. The van der Waals surface area contributed by atoms with E-state index in [2.05, 4.69) is 242 Å². The summed E-state index contributed by atoms with van der Waals surface area (Å²) in [7, 11) is 0. The zero-order valence-electron chi connectivity index (χ0n) is 36.1. The van der Waals surface area contributed by atoms with E-state index >= 15 is 0 Å². The highest BCUT2D eigenvalue weighted by Crippen LogP contribution is 2.62. The molecule has 2 heterocycles. The average Bonchev–Trinajstić information content (AvgIpc) is 3.81. The molecule has 0 saturated carbocycles. The van der Waals surface area contributed by atoms with Gasteiger partial charge in [-0.3, -0.25) is 0 Å². The SMILES string of the molecule is CC1(C)c2ccccc2-c2c(N(c3ccc4c(c3)[C@]3(c5ccccc5O4)c4ccccc4-c4cccc5cccc3c45)c3ccc4c5ccccc5n(-c5ccccc5)c4c3)cccc21. The summed E-state index contributed by atoms with van der Waals surface area (Å²) >= 11 is 0.